The third-order valence-electron chi connectivity index (χ3n) is 2.80. The molecular formula is C13H14ClNO. The van der Waals surface area contributed by atoms with Crippen LogP contribution in [0.2, 0.25) is 5.02 Å². The number of halogens is 1. The lowest BCUT2D eigenvalue weighted by molar-refractivity contribution is -0.126. The normalized spacial score (nSPS) is 15.2. The Morgan fingerprint density at radius 3 is 3.00 bits per heavy atom. The molecular weight excluding hydrogens is 222 g/mol. The fourth-order valence-electron chi connectivity index (χ4n) is 1.96. The Morgan fingerprint density at radius 1 is 1.44 bits per heavy atom. The van der Waals surface area contributed by atoms with Crippen LogP contribution in [0.5, 0.6) is 0 Å². The monoisotopic (exact) mass is 235 g/mol. The number of fused-ring (bicyclic) bond motifs is 1. The topological polar surface area (TPSA) is 20.3 Å². The quantitative estimate of drug-likeness (QED) is 0.686. The first-order valence-electron chi connectivity index (χ1n) is 5.39. The molecule has 84 valence electrons. The molecule has 1 aromatic rings. The van der Waals surface area contributed by atoms with Crippen molar-refractivity contribution in [2.75, 3.05) is 6.54 Å². The molecule has 1 heterocycles. The van der Waals surface area contributed by atoms with Gasteiger partial charge in [-0.15, -0.1) is 0 Å². The van der Waals surface area contributed by atoms with Crippen LogP contribution < -0.4 is 0 Å². The fourth-order valence-corrected chi connectivity index (χ4v) is 2.16. The van der Waals surface area contributed by atoms with Crippen LogP contribution in [0.1, 0.15) is 18.1 Å². The summed E-state index contributed by atoms with van der Waals surface area (Å²) in [6, 6.07) is 5.91. The summed E-state index contributed by atoms with van der Waals surface area (Å²) in [4.78, 5) is 13.5. The van der Waals surface area contributed by atoms with Crippen molar-refractivity contribution in [1.29, 1.82) is 0 Å². The first-order valence-corrected chi connectivity index (χ1v) is 5.77. The van der Waals surface area contributed by atoms with Crippen LogP contribution in [-0.4, -0.2) is 17.4 Å². The molecule has 0 N–H and O–H groups in total. The summed E-state index contributed by atoms with van der Waals surface area (Å²) in [6.45, 7) is 3.31. The molecule has 2 rings (SSSR count). The molecule has 1 aliphatic rings. The average molecular weight is 236 g/mol. The van der Waals surface area contributed by atoms with Crippen molar-refractivity contribution in [2.45, 2.75) is 19.9 Å². The van der Waals surface area contributed by atoms with Gasteiger partial charge in [0.25, 0.3) is 0 Å². The van der Waals surface area contributed by atoms with E-state index in [-0.39, 0.29) is 5.91 Å². The first kappa shape index (κ1) is 11.2. The summed E-state index contributed by atoms with van der Waals surface area (Å²) in [5.74, 6) is 0.0770. The Balaban J connectivity index is 2.19. The molecule has 2 nitrogen and oxygen atoms in total. The largest absolute Gasteiger partial charge is 0.335 e. The lowest BCUT2D eigenvalue weighted by atomic mass is 10.00. The molecule has 1 aromatic carbocycles. The van der Waals surface area contributed by atoms with Gasteiger partial charge in [0.1, 0.15) is 0 Å². The van der Waals surface area contributed by atoms with Gasteiger partial charge in [-0.1, -0.05) is 23.7 Å². The predicted molar refractivity (Wildman–Crippen MR) is 65.4 cm³/mol. The van der Waals surface area contributed by atoms with Gasteiger partial charge in [0.2, 0.25) is 5.91 Å². The number of rotatable bonds is 1. The highest BCUT2D eigenvalue weighted by molar-refractivity contribution is 6.30. The van der Waals surface area contributed by atoms with E-state index in [9.17, 15) is 4.79 Å². The van der Waals surface area contributed by atoms with Gasteiger partial charge in [-0.25, -0.2) is 0 Å². The van der Waals surface area contributed by atoms with E-state index in [0.29, 0.717) is 6.54 Å². The Kier molecular flexibility index (Phi) is 3.30. The van der Waals surface area contributed by atoms with Gasteiger partial charge in [-0.2, -0.15) is 0 Å². The number of allylic oxidation sites excluding steroid dienone is 1. The molecule has 0 fully saturated rings. The van der Waals surface area contributed by atoms with Crippen molar-refractivity contribution >= 4 is 17.5 Å². The third-order valence-corrected chi connectivity index (χ3v) is 3.04. The lowest BCUT2D eigenvalue weighted by Crippen LogP contribution is -2.34. The summed E-state index contributed by atoms with van der Waals surface area (Å²) in [6.07, 6.45) is 4.29. The van der Waals surface area contributed by atoms with Crippen LogP contribution in [-0.2, 0) is 17.8 Å². The Hall–Kier alpha value is -1.28. The maximum atomic E-state index is 11.7. The van der Waals surface area contributed by atoms with Crippen LogP contribution in [0, 0.1) is 0 Å². The summed E-state index contributed by atoms with van der Waals surface area (Å²) >= 11 is 5.95. The van der Waals surface area contributed by atoms with E-state index in [1.165, 1.54) is 5.56 Å². The Labute approximate surface area is 101 Å². The lowest BCUT2D eigenvalue weighted by Gasteiger charge is -2.28. The summed E-state index contributed by atoms with van der Waals surface area (Å²) < 4.78 is 0. The average Bonchev–Trinajstić information content (AvgIpc) is 2.28. The van der Waals surface area contributed by atoms with Crippen molar-refractivity contribution < 1.29 is 4.79 Å². The molecule has 0 atom stereocenters. The predicted octanol–water partition coefficient (Wildman–Crippen LogP) is 2.80. The van der Waals surface area contributed by atoms with Crippen molar-refractivity contribution in [1.82, 2.24) is 4.90 Å². The van der Waals surface area contributed by atoms with E-state index in [1.54, 1.807) is 12.2 Å². The highest BCUT2D eigenvalue weighted by Crippen LogP contribution is 2.22. The van der Waals surface area contributed by atoms with Gasteiger partial charge in [-0.3, -0.25) is 4.79 Å². The van der Waals surface area contributed by atoms with E-state index >= 15 is 0 Å². The Morgan fingerprint density at radius 2 is 2.25 bits per heavy atom. The number of carbonyl (C=O) groups excluding carboxylic acids is 1. The summed E-state index contributed by atoms with van der Waals surface area (Å²) in [7, 11) is 0. The van der Waals surface area contributed by atoms with E-state index in [2.05, 4.69) is 6.07 Å². The number of hydrogen-bond acceptors (Lipinski definition) is 1. The Bertz CT molecular complexity index is 440. The molecule has 1 aliphatic heterocycles. The maximum Gasteiger partial charge on any atom is 0.246 e. The molecule has 0 saturated heterocycles. The van der Waals surface area contributed by atoms with Crippen LogP contribution in [0.15, 0.2) is 30.4 Å². The van der Waals surface area contributed by atoms with Crippen LogP contribution >= 0.6 is 11.6 Å². The van der Waals surface area contributed by atoms with Crippen LogP contribution in [0.3, 0.4) is 0 Å². The molecule has 3 heteroatoms. The summed E-state index contributed by atoms with van der Waals surface area (Å²) in [5, 5.41) is 0.735. The molecule has 0 bridgehead atoms. The number of amides is 1. The number of benzene rings is 1. The molecule has 1 amide bonds. The molecule has 0 spiro atoms. The van der Waals surface area contributed by atoms with E-state index in [0.717, 1.165) is 23.6 Å². The number of nitrogens with zero attached hydrogens (tertiary/aromatic N) is 1. The highest BCUT2D eigenvalue weighted by atomic mass is 35.5. The summed E-state index contributed by atoms with van der Waals surface area (Å²) in [5.41, 5.74) is 2.46. The molecule has 0 unspecified atom stereocenters. The molecule has 0 radical (unpaired) electrons. The molecule has 0 aliphatic carbocycles. The number of carbonyl (C=O) groups is 1. The van der Waals surface area contributed by atoms with E-state index in [1.807, 2.05) is 24.0 Å². The molecule has 0 saturated carbocycles. The van der Waals surface area contributed by atoms with Gasteiger partial charge >= 0.3 is 0 Å². The minimum absolute atomic E-state index is 0.0770. The molecule has 0 aromatic heterocycles. The van der Waals surface area contributed by atoms with Crippen molar-refractivity contribution in [3.8, 4) is 0 Å². The zero-order valence-electron chi connectivity index (χ0n) is 9.24. The van der Waals surface area contributed by atoms with Gasteiger partial charge in [0.15, 0.2) is 0 Å². The maximum absolute atomic E-state index is 11.7. The van der Waals surface area contributed by atoms with Gasteiger partial charge in [0, 0.05) is 18.1 Å². The minimum Gasteiger partial charge on any atom is -0.335 e. The van der Waals surface area contributed by atoms with Gasteiger partial charge in [-0.05, 0) is 42.7 Å². The first-order chi connectivity index (χ1) is 7.70. The fraction of sp³-hybridized carbons (Fsp3) is 0.308. The number of hydrogen-bond donors (Lipinski definition) is 0. The second-order valence-electron chi connectivity index (χ2n) is 3.92. The van der Waals surface area contributed by atoms with E-state index < -0.39 is 0 Å². The minimum atomic E-state index is 0.0770. The zero-order chi connectivity index (χ0) is 11.5. The SMILES string of the molecule is C/C=C/C(=O)N1CCc2ccc(Cl)cc2C1. The van der Waals surface area contributed by atoms with Crippen molar-refractivity contribution in [3.63, 3.8) is 0 Å². The highest BCUT2D eigenvalue weighted by Gasteiger charge is 2.18. The standard InChI is InChI=1S/C13H14ClNO/c1-2-3-13(16)15-7-6-10-4-5-12(14)8-11(10)9-15/h2-5,8H,6-7,9H2,1H3/b3-2+. The van der Waals surface area contributed by atoms with Crippen molar-refractivity contribution in [3.05, 3.63) is 46.5 Å². The van der Waals surface area contributed by atoms with Gasteiger partial charge in [0.05, 0.1) is 0 Å². The zero-order valence-corrected chi connectivity index (χ0v) is 10.00. The van der Waals surface area contributed by atoms with Crippen molar-refractivity contribution in [2.24, 2.45) is 0 Å². The van der Waals surface area contributed by atoms with Gasteiger partial charge < -0.3 is 4.90 Å². The van der Waals surface area contributed by atoms with E-state index in [4.69, 9.17) is 11.6 Å². The third kappa shape index (κ3) is 2.27. The molecule has 16 heavy (non-hydrogen) atoms. The van der Waals surface area contributed by atoms with Crippen LogP contribution in [0.4, 0.5) is 0 Å². The smallest absolute Gasteiger partial charge is 0.246 e. The second-order valence-corrected chi connectivity index (χ2v) is 4.36. The van der Waals surface area contributed by atoms with Crippen LogP contribution in [0.25, 0.3) is 0 Å². The second kappa shape index (κ2) is 4.71.